The smallest absolute Gasteiger partial charge is 0.133 e. The lowest BCUT2D eigenvalue weighted by atomic mass is 9.44. The third-order valence-corrected chi connectivity index (χ3v) is 10.7. The number of hydrogen-bond acceptors (Lipinski definition) is 1. The summed E-state index contributed by atoms with van der Waals surface area (Å²) in [7, 11) is 0. The van der Waals surface area contributed by atoms with Gasteiger partial charge in [-0.3, -0.25) is 4.79 Å². The molecule has 8 atom stereocenters. The Hall–Kier alpha value is -0.330. The first-order valence-corrected chi connectivity index (χ1v) is 12.8. The van der Waals surface area contributed by atoms with Crippen molar-refractivity contribution in [2.24, 2.45) is 52.3 Å². The predicted octanol–water partition coefficient (Wildman–Crippen LogP) is 7.68. The van der Waals surface area contributed by atoms with Crippen LogP contribution in [0.5, 0.6) is 0 Å². The summed E-state index contributed by atoms with van der Waals surface area (Å²) in [5.41, 5.74) is 1.07. The van der Waals surface area contributed by atoms with Gasteiger partial charge in [-0.2, -0.15) is 0 Å². The first-order chi connectivity index (χ1) is 13.3. The zero-order chi connectivity index (χ0) is 20.1. The van der Waals surface area contributed by atoms with Crippen LogP contribution in [-0.2, 0) is 4.79 Å². The van der Waals surface area contributed by atoms with Crippen molar-refractivity contribution >= 4 is 5.78 Å². The highest BCUT2D eigenvalue weighted by atomic mass is 16.1. The van der Waals surface area contributed by atoms with E-state index >= 15 is 0 Å². The topological polar surface area (TPSA) is 17.1 Å². The number of ketones is 1. The van der Waals surface area contributed by atoms with E-state index in [4.69, 9.17) is 0 Å². The maximum atomic E-state index is 12.1. The zero-order valence-electron chi connectivity index (χ0n) is 19.4. The molecule has 0 aromatic rings. The third kappa shape index (κ3) is 3.41. The highest BCUT2D eigenvalue weighted by molar-refractivity contribution is 5.79. The highest BCUT2D eigenvalue weighted by Gasteiger charge is 2.60. The van der Waals surface area contributed by atoms with E-state index in [1.807, 2.05) is 0 Å². The van der Waals surface area contributed by atoms with E-state index in [1.165, 1.54) is 64.2 Å². The summed E-state index contributed by atoms with van der Waals surface area (Å²) < 4.78 is 0. The Balaban J connectivity index is 1.47. The fraction of sp³-hybridized carbons (Fsp3) is 0.963. The van der Waals surface area contributed by atoms with Crippen LogP contribution in [0.3, 0.4) is 0 Å². The lowest BCUT2D eigenvalue weighted by Crippen LogP contribution is -2.53. The van der Waals surface area contributed by atoms with Gasteiger partial charge in [0.05, 0.1) is 0 Å². The van der Waals surface area contributed by atoms with Crippen LogP contribution in [0.4, 0.5) is 0 Å². The maximum absolute atomic E-state index is 12.1. The Morgan fingerprint density at radius 1 is 0.893 bits per heavy atom. The van der Waals surface area contributed by atoms with Gasteiger partial charge in [0.15, 0.2) is 0 Å². The van der Waals surface area contributed by atoms with Crippen molar-refractivity contribution in [3.8, 4) is 0 Å². The summed E-state index contributed by atoms with van der Waals surface area (Å²) in [6.45, 7) is 12.6. The molecule has 1 nitrogen and oxygen atoms in total. The van der Waals surface area contributed by atoms with Crippen molar-refractivity contribution in [2.75, 3.05) is 0 Å². The van der Waals surface area contributed by atoms with Crippen LogP contribution in [0, 0.1) is 52.3 Å². The van der Waals surface area contributed by atoms with Crippen LogP contribution in [0.1, 0.15) is 112 Å². The molecule has 4 saturated carbocycles. The van der Waals surface area contributed by atoms with Gasteiger partial charge in [0.25, 0.3) is 0 Å². The average Bonchev–Trinajstić information content (AvgIpc) is 2.99. The van der Waals surface area contributed by atoms with Crippen LogP contribution >= 0.6 is 0 Å². The molecule has 0 saturated heterocycles. The Bertz CT molecular complexity index is 579. The molecule has 0 amide bonds. The van der Waals surface area contributed by atoms with Crippen molar-refractivity contribution < 1.29 is 4.79 Å². The van der Waals surface area contributed by atoms with Gasteiger partial charge >= 0.3 is 0 Å². The van der Waals surface area contributed by atoms with E-state index in [-0.39, 0.29) is 0 Å². The summed E-state index contributed by atoms with van der Waals surface area (Å²) in [6.07, 6.45) is 15.9. The maximum Gasteiger partial charge on any atom is 0.133 e. The fourth-order valence-electron chi connectivity index (χ4n) is 9.07. The minimum atomic E-state index is 0.471. The van der Waals surface area contributed by atoms with E-state index in [1.54, 1.807) is 0 Å². The van der Waals surface area contributed by atoms with Gasteiger partial charge in [-0.05, 0) is 97.2 Å². The van der Waals surface area contributed by atoms with Crippen molar-refractivity contribution in [3.63, 3.8) is 0 Å². The molecule has 0 aliphatic heterocycles. The lowest BCUT2D eigenvalue weighted by Gasteiger charge is -2.60. The predicted molar refractivity (Wildman–Crippen MR) is 118 cm³/mol. The third-order valence-electron chi connectivity index (χ3n) is 10.7. The van der Waals surface area contributed by atoms with Gasteiger partial charge in [-0.1, -0.05) is 53.9 Å². The normalized spacial score (nSPS) is 46.8. The summed E-state index contributed by atoms with van der Waals surface area (Å²) >= 11 is 0. The number of hydrogen-bond donors (Lipinski definition) is 0. The molecule has 0 spiro atoms. The Kier molecular flexibility index (Phi) is 5.78. The number of Topliss-reactive ketones (excluding diaryl/α,β-unsaturated/α-hetero) is 1. The van der Waals surface area contributed by atoms with Crippen LogP contribution < -0.4 is 0 Å². The quantitative estimate of drug-likeness (QED) is 0.473. The molecule has 0 aromatic carbocycles. The standard InChI is InChI=1S/C27H46O/c1-18(2)7-6-8-19(3)23-11-12-24-22-10-9-20-17-21(28)13-15-26(20,4)25(22)14-16-27(23,24)5/h18-20,22-25H,6-17H2,1-5H3/t19-,20?,22?,23?,24?,25?,26?,27?/m1/s1. The van der Waals surface area contributed by atoms with Gasteiger partial charge in [0.2, 0.25) is 0 Å². The van der Waals surface area contributed by atoms with Crippen molar-refractivity contribution in [1.82, 2.24) is 0 Å². The van der Waals surface area contributed by atoms with Crippen molar-refractivity contribution in [1.29, 1.82) is 0 Å². The second-order valence-electron chi connectivity index (χ2n) is 12.4. The minimum Gasteiger partial charge on any atom is -0.300 e. The number of carbonyl (C=O) groups excluding carboxylic acids is 1. The second kappa shape index (κ2) is 7.73. The molecule has 4 aliphatic rings. The Labute approximate surface area is 174 Å². The second-order valence-corrected chi connectivity index (χ2v) is 12.4. The molecule has 0 N–H and O–H groups in total. The summed E-state index contributed by atoms with van der Waals surface area (Å²) in [4.78, 5) is 12.1. The molecule has 1 heteroatoms. The SMILES string of the molecule is CC(C)CCC[C@@H](C)C1CCC2C3CCC4CC(=O)CCC4(C)C3CCC21C. The van der Waals surface area contributed by atoms with Crippen molar-refractivity contribution in [2.45, 2.75) is 112 Å². The van der Waals surface area contributed by atoms with E-state index in [9.17, 15) is 4.79 Å². The number of rotatable bonds is 5. The zero-order valence-corrected chi connectivity index (χ0v) is 19.4. The monoisotopic (exact) mass is 386 g/mol. The van der Waals surface area contributed by atoms with Gasteiger partial charge in [0.1, 0.15) is 5.78 Å². The lowest BCUT2D eigenvalue weighted by molar-refractivity contribution is -0.140. The first kappa shape index (κ1) is 20.9. The molecule has 28 heavy (non-hydrogen) atoms. The van der Waals surface area contributed by atoms with E-state index in [0.717, 1.165) is 48.3 Å². The molecule has 4 aliphatic carbocycles. The highest BCUT2D eigenvalue weighted by Crippen LogP contribution is 2.68. The first-order valence-electron chi connectivity index (χ1n) is 12.8. The van der Waals surface area contributed by atoms with E-state index in [2.05, 4.69) is 34.6 Å². The van der Waals surface area contributed by atoms with E-state index in [0.29, 0.717) is 22.5 Å². The largest absolute Gasteiger partial charge is 0.300 e. The van der Waals surface area contributed by atoms with Gasteiger partial charge in [0, 0.05) is 12.8 Å². The molecule has 0 aromatic heterocycles. The number of fused-ring (bicyclic) bond motifs is 5. The molecule has 4 rings (SSSR count). The van der Waals surface area contributed by atoms with Gasteiger partial charge in [-0.25, -0.2) is 0 Å². The average molecular weight is 387 g/mol. The molecule has 0 heterocycles. The summed E-state index contributed by atoms with van der Waals surface area (Å²) in [6, 6.07) is 0. The van der Waals surface area contributed by atoms with Crippen LogP contribution in [-0.4, -0.2) is 5.78 Å². The van der Waals surface area contributed by atoms with Crippen LogP contribution in [0.15, 0.2) is 0 Å². The molecule has 0 bridgehead atoms. The van der Waals surface area contributed by atoms with Crippen LogP contribution in [0.25, 0.3) is 0 Å². The molecule has 4 fully saturated rings. The molecule has 0 radical (unpaired) electrons. The molecular formula is C27H46O. The summed E-state index contributed by atoms with van der Waals surface area (Å²) in [5, 5.41) is 0. The van der Waals surface area contributed by atoms with Crippen LogP contribution in [0.2, 0.25) is 0 Å². The van der Waals surface area contributed by atoms with E-state index < -0.39 is 0 Å². The number of carbonyl (C=O) groups is 1. The van der Waals surface area contributed by atoms with Gasteiger partial charge < -0.3 is 0 Å². The van der Waals surface area contributed by atoms with Crippen molar-refractivity contribution in [3.05, 3.63) is 0 Å². The Morgan fingerprint density at radius 2 is 1.64 bits per heavy atom. The minimum absolute atomic E-state index is 0.471. The fourth-order valence-corrected chi connectivity index (χ4v) is 9.07. The molecule has 160 valence electrons. The van der Waals surface area contributed by atoms with Gasteiger partial charge in [-0.15, -0.1) is 0 Å². The molecular weight excluding hydrogens is 340 g/mol. The summed E-state index contributed by atoms with van der Waals surface area (Å²) in [5.74, 6) is 6.82. The Morgan fingerprint density at radius 3 is 2.39 bits per heavy atom. The molecule has 7 unspecified atom stereocenters.